The Balaban J connectivity index is 1.40. The zero-order valence-corrected chi connectivity index (χ0v) is 21.2. The van der Waals surface area contributed by atoms with Crippen molar-refractivity contribution in [1.29, 1.82) is 0 Å². The SMILES string of the molecule is C[N+](C)(CCCCCCCCCCCCCc1ccccc1)Cc1ccc(Cl)cc1Cl. The van der Waals surface area contributed by atoms with Gasteiger partial charge in [0, 0.05) is 10.6 Å². The van der Waals surface area contributed by atoms with Crippen LogP contribution in [0.1, 0.15) is 81.8 Å². The van der Waals surface area contributed by atoms with Gasteiger partial charge in [-0.2, -0.15) is 0 Å². The number of nitrogens with zero attached hydrogens (tertiary/aromatic N) is 1. The van der Waals surface area contributed by atoms with Gasteiger partial charge in [0.2, 0.25) is 0 Å². The highest BCUT2D eigenvalue weighted by Crippen LogP contribution is 2.24. The molecule has 3 heteroatoms. The molecule has 0 aliphatic rings. The van der Waals surface area contributed by atoms with Gasteiger partial charge >= 0.3 is 0 Å². The predicted molar refractivity (Wildman–Crippen MR) is 138 cm³/mol. The smallest absolute Gasteiger partial charge is 0.105 e. The van der Waals surface area contributed by atoms with Crippen LogP contribution < -0.4 is 0 Å². The Morgan fingerprint density at radius 2 is 1.19 bits per heavy atom. The van der Waals surface area contributed by atoms with Crippen molar-refractivity contribution in [3.8, 4) is 0 Å². The fourth-order valence-electron chi connectivity index (χ4n) is 4.29. The lowest BCUT2D eigenvalue weighted by molar-refractivity contribution is -0.903. The fourth-order valence-corrected chi connectivity index (χ4v) is 4.76. The molecule has 0 aliphatic heterocycles. The third-order valence-electron chi connectivity index (χ3n) is 6.19. The second-order valence-corrected chi connectivity index (χ2v) is 10.5. The van der Waals surface area contributed by atoms with E-state index in [4.69, 9.17) is 23.2 Å². The van der Waals surface area contributed by atoms with Gasteiger partial charge in [0.05, 0.1) is 25.7 Å². The van der Waals surface area contributed by atoms with Crippen LogP contribution in [0, 0.1) is 0 Å². The zero-order valence-electron chi connectivity index (χ0n) is 19.7. The summed E-state index contributed by atoms with van der Waals surface area (Å²) in [6.45, 7) is 2.16. The second-order valence-electron chi connectivity index (χ2n) is 9.68. The van der Waals surface area contributed by atoms with Gasteiger partial charge in [-0.15, -0.1) is 0 Å². The van der Waals surface area contributed by atoms with E-state index in [9.17, 15) is 0 Å². The van der Waals surface area contributed by atoms with Gasteiger partial charge in [-0.1, -0.05) is 111 Å². The topological polar surface area (TPSA) is 0 Å². The molecule has 0 saturated heterocycles. The number of quaternary nitrogens is 1. The summed E-state index contributed by atoms with van der Waals surface area (Å²) >= 11 is 12.4. The highest BCUT2D eigenvalue weighted by atomic mass is 35.5. The lowest BCUT2D eigenvalue weighted by Gasteiger charge is -2.30. The monoisotopic (exact) mass is 462 g/mol. The molecule has 0 saturated carbocycles. The quantitative estimate of drug-likeness (QED) is 0.172. The van der Waals surface area contributed by atoms with Gasteiger partial charge in [0.25, 0.3) is 0 Å². The van der Waals surface area contributed by atoms with Crippen molar-refractivity contribution >= 4 is 23.2 Å². The summed E-state index contributed by atoms with van der Waals surface area (Å²) in [5.74, 6) is 0. The van der Waals surface area contributed by atoms with Gasteiger partial charge in [0.1, 0.15) is 6.54 Å². The lowest BCUT2D eigenvalue weighted by atomic mass is 10.0. The number of hydrogen-bond acceptors (Lipinski definition) is 0. The molecule has 0 fully saturated rings. The van der Waals surface area contributed by atoms with Crippen LogP contribution in [0.5, 0.6) is 0 Å². The highest BCUT2D eigenvalue weighted by molar-refractivity contribution is 6.35. The molecule has 2 aromatic carbocycles. The molecular formula is C28H42Cl2N+. The first kappa shape index (κ1) is 26.2. The maximum atomic E-state index is 6.35. The minimum atomic E-state index is 0.710. The number of rotatable bonds is 16. The second kappa shape index (κ2) is 14.9. The molecule has 0 unspecified atom stereocenters. The predicted octanol–water partition coefficient (Wildman–Crippen LogP) is 9.10. The van der Waals surface area contributed by atoms with Crippen LogP contribution in [-0.4, -0.2) is 25.1 Å². The minimum absolute atomic E-state index is 0.710. The molecule has 0 bridgehead atoms. The van der Waals surface area contributed by atoms with E-state index < -0.39 is 0 Å². The minimum Gasteiger partial charge on any atom is -0.325 e. The van der Waals surface area contributed by atoms with Crippen LogP contribution >= 0.6 is 23.2 Å². The molecule has 0 heterocycles. The number of hydrogen-bond donors (Lipinski definition) is 0. The van der Waals surface area contributed by atoms with E-state index in [1.54, 1.807) is 0 Å². The first-order valence-electron chi connectivity index (χ1n) is 12.3. The van der Waals surface area contributed by atoms with Gasteiger partial charge < -0.3 is 4.48 Å². The molecule has 2 aromatic rings. The highest BCUT2D eigenvalue weighted by Gasteiger charge is 2.17. The van der Waals surface area contributed by atoms with Crippen LogP contribution in [0.3, 0.4) is 0 Å². The number of benzene rings is 2. The summed E-state index contributed by atoms with van der Waals surface area (Å²) < 4.78 is 0.978. The Labute approximate surface area is 201 Å². The summed E-state index contributed by atoms with van der Waals surface area (Å²) in [7, 11) is 4.59. The van der Waals surface area contributed by atoms with Crippen LogP contribution in [0.15, 0.2) is 48.5 Å². The van der Waals surface area contributed by atoms with Gasteiger partial charge in [-0.3, -0.25) is 0 Å². The van der Waals surface area contributed by atoms with Gasteiger partial charge in [-0.25, -0.2) is 0 Å². The van der Waals surface area contributed by atoms with E-state index in [1.165, 1.54) is 94.7 Å². The summed E-state index contributed by atoms with van der Waals surface area (Å²) in [6, 6.07) is 16.7. The fraction of sp³-hybridized carbons (Fsp3) is 0.571. The molecular weight excluding hydrogens is 421 g/mol. The Morgan fingerprint density at radius 1 is 0.645 bits per heavy atom. The van der Waals surface area contributed by atoms with E-state index in [0.717, 1.165) is 16.1 Å². The molecule has 0 spiro atoms. The third kappa shape index (κ3) is 12.0. The summed E-state index contributed by atoms with van der Waals surface area (Å²) in [4.78, 5) is 0. The number of halogens is 2. The Morgan fingerprint density at radius 3 is 1.77 bits per heavy atom. The van der Waals surface area contributed by atoms with Crippen molar-refractivity contribution in [3.05, 3.63) is 69.7 Å². The van der Waals surface area contributed by atoms with Gasteiger partial charge in [0.15, 0.2) is 0 Å². The summed E-state index contributed by atoms with van der Waals surface area (Å²) in [5, 5.41) is 1.50. The molecule has 0 radical (unpaired) electrons. The number of unbranched alkanes of at least 4 members (excludes halogenated alkanes) is 10. The van der Waals surface area contributed by atoms with E-state index in [0.29, 0.717) is 5.02 Å². The standard InChI is InChI=1S/C28H42Cl2N/c1-31(2,24-26-20-21-27(29)23-28(26)30)22-16-11-9-7-5-3-4-6-8-10-13-17-25-18-14-12-15-19-25/h12,14-15,18-21,23H,3-11,13,16-17,22,24H2,1-2H3/q+1. The van der Waals surface area contributed by atoms with Crippen molar-refractivity contribution in [3.63, 3.8) is 0 Å². The third-order valence-corrected chi connectivity index (χ3v) is 6.77. The molecule has 0 amide bonds. The molecule has 0 aliphatic carbocycles. The molecule has 0 atom stereocenters. The normalized spacial score (nSPS) is 11.7. The molecule has 0 aromatic heterocycles. The average molecular weight is 464 g/mol. The molecule has 1 nitrogen and oxygen atoms in total. The van der Waals surface area contributed by atoms with Crippen LogP contribution in [0.2, 0.25) is 10.0 Å². The van der Waals surface area contributed by atoms with Crippen molar-refractivity contribution in [2.24, 2.45) is 0 Å². The Kier molecular flexibility index (Phi) is 12.6. The first-order chi connectivity index (χ1) is 15.0. The Hall–Kier alpha value is -1.02. The average Bonchev–Trinajstić information content (AvgIpc) is 2.74. The molecule has 2 rings (SSSR count). The van der Waals surface area contributed by atoms with E-state index in [2.05, 4.69) is 50.5 Å². The van der Waals surface area contributed by atoms with Gasteiger partial charge in [-0.05, 0) is 43.4 Å². The number of aryl methyl sites for hydroxylation is 1. The Bertz CT molecular complexity index is 727. The largest absolute Gasteiger partial charge is 0.325 e. The first-order valence-corrected chi connectivity index (χ1v) is 13.0. The van der Waals surface area contributed by atoms with Crippen molar-refractivity contribution in [1.82, 2.24) is 0 Å². The lowest BCUT2D eigenvalue weighted by Crippen LogP contribution is -2.39. The molecule has 31 heavy (non-hydrogen) atoms. The maximum absolute atomic E-state index is 6.35. The zero-order chi connectivity index (χ0) is 22.4. The van der Waals surface area contributed by atoms with E-state index >= 15 is 0 Å². The van der Waals surface area contributed by atoms with E-state index in [-0.39, 0.29) is 0 Å². The molecule has 172 valence electrons. The van der Waals surface area contributed by atoms with Crippen molar-refractivity contribution in [2.75, 3.05) is 20.6 Å². The maximum Gasteiger partial charge on any atom is 0.105 e. The van der Waals surface area contributed by atoms with Crippen LogP contribution in [0.4, 0.5) is 0 Å². The van der Waals surface area contributed by atoms with Crippen molar-refractivity contribution in [2.45, 2.75) is 83.6 Å². The summed E-state index contributed by atoms with van der Waals surface area (Å²) in [6.07, 6.45) is 16.4. The van der Waals surface area contributed by atoms with Crippen LogP contribution in [0.25, 0.3) is 0 Å². The van der Waals surface area contributed by atoms with Crippen LogP contribution in [-0.2, 0) is 13.0 Å². The summed E-state index contributed by atoms with van der Waals surface area (Å²) in [5.41, 5.74) is 2.68. The van der Waals surface area contributed by atoms with E-state index in [1.807, 2.05) is 12.1 Å². The molecule has 0 N–H and O–H groups in total. The van der Waals surface area contributed by atoms with Crippen molar-refractivity contribution < 1.29 is 4.48 Å².